The zero-order valence-corrected chi connectivity index (χ0v) is 18.5. The van der Waals surface area contributed by atoms with Crippen LogP contribution in [-0.2, 0) is 21.2 Å². The average Bonchev–Trinajstić information content (AvgIpc) is 3.16. The van der Waals surface area contributed by atoms with Gasteiger partial charge in [-0.2, -0.15) is 4.31 Å². The number of benzene rings is 2. The van der Waals surface area contributed by atoms with Gasteiger partial charge >= 0.3 is 0 Å². The first-order valence-electron chi connectivity index (χ1n) is 10.3. The number of anilines is 2. The molecule has 1 fully saturated rings. The van der Waals surface area contributed by atoms with Crippen LogP contribution in [0.1, 0.15) is 25.3 Å². The SMILES string of the molecule is CCN1CCc2ccc(NC(=O)C3CCCN(S(=O)(=O)c4ccc(Cl)cc4)C3)cc21. The van der Waals surface area contributed by atoms with Crippen molar-refractivity contribution in [3.8, 4) is 0 Å². The number of carbonyl (C=O) groups is 1. The van der Waals surface area contributed by atoms with Crippen molar-refractivity contribution in [1.29, 1.82) is 0 Å². The number of hydrogen-bond donors (Lipinski definition) is 1. The van der Waals surface area contributed by atoms with Crippen LogP contribution in [0.5, 0.6) is 0 Å². The largest absolute Gasteiger partial charge is 0.371 e. The van der Waals surface area contributed by atoms with Crippen molar-refractivity contribution >= 4 is 38.9 Å². The van der Waals surface area contributed by atoms with E-state index in [1.165, 1.54) is 27.7 Å². The molecule has 1 N–H and O–H groups in total. The number of rotatable bonds is 5. The van der Waals surface area contributed by atoms with Crippen LogP contribution in [0.15, 0.2) is 47.4 Å². The summed E-state index contributed by atoms with van der Waals surface area (Å²) in [5.41, 5.74) is 3.23. The van der Waals surface area contributed by atoms with E-state index in [0.29, 0.717) is 24.4 Å². The molecule has 1 unspecified atom stereocenters. The van der Waals surface area contributed by atoms with Crippen LogP contribution in [0.25, 0.3) is 0 Å². The summed E-state index contributed by atoms with van der Waals surface area (Å²) in [5, 5.41) is 3.49. The number of sulfonamides is 1. The van der Waals surface area contributed by atoms with Crippen molar-refractivity contribution in [3.05, 3.63) is 53.1 Å². The Kier molecular flexibility index (Phi) is 6.04. The second-order valence-corrected chi connectivity index (χ2v) is 10.2. The van der Waals surface area contributed by atoms with Crippen molar-refractivity contribution in [3.63, 3.8) is 0 Å². The van der Waals surface area contributed by atoms with E-state index in [1.807, 2.05) is 12.1 Å². The summed E-state index contributed by atoms with van der Waals surface area (Å²) in [6.07, 6.45) is 2.35. The summed E-state index contributed by atoms with van der Waals surface area (Å²) in [7, 11) is -3.65. The van der Waals surface area contributed by atoms with Crippen LogP contribution >= 0.6 is 11.6 Å². The molecule has 0 aromatic heterocycles. The van der Waals surface area contributed by atoms with E-state index in [2.05, 4.69) is 23.2 Å². The summed E-state index contributed by atoms with van der Waals surface area (Å²) >= 11 is 5.88. The fourth-order valence-electron chi connectivity index (χ4n) is 4.23. The molecule has 8 heteroatoms. The van der Waals surface area contributed by atoms with Gasteiger partial charge in [0.1, 0.15) is 0 Å². The van der Waals surface area contributed by atoms with Crippen LogP contribution in [0, 0.1) is 5.92 Å². The number of nitrogens with one attached hydrogen (secondary N) is 1. The van der Waals surface area contributed by atoms with Gasteiger partial charge in [0.15, 0.2) is 0 Å². The van der Waals surface area contributed by atoms with Crippen LogP contribution < -0.4 is 10.2 Å². The molecule has 2 aromatic rings. The third kappa shape index (κ3) is 4.19. The van der Waals surface area contributed by atoms with E-state index in [0.717, 1.165) is 25.2 Å². The first-order chi connectivity index (χ1) is 14.4. The van der Waals surface area contributed by atoms with Gasteiger partial charge in [0.25, 0.3) is 0 Å². The average molecular weight is 448 g/mol. The Balaban J connectivity index is 1.46. The summed E-state index contributed by atoms with van der Waals surface area (Å²) < 4.78 is 27.3. The van der Waals surface area contributed by atoms with Gasteiger partial charge in [-0.3, -0.25) is 4.79 Å². The van der Waals surface area contributed by atoms with E-state index in [-0.39, 0.29) is 23.3 Å². The number of nitrogens with zero attached hydrogens (tertiary/aromatic N) is 2. The fraction of sp³-hybridized carbons (Fsp3) is 0.409. The standard InChI is InChI=1S/C22H26ClN3O3S/c1-2-25-13-11-16-5-8-19(14-21(16)25)24-22(27)17-4-3-12-26(15-17)30(28,29)20-9-6-18(23)7-10-20/h5-10,14,17H,2-4,11-13,15H2,1H3,(H,24,27). The predicted octanol–water partition coefficient (Wildman–Crippen LogP) is 3.76. The zero-order chi connectivity index (χ0) is 21.3. The number of carbonyl (C=O) groups excluding carboxylic acids is 1. The second-order valence-electron chi connectivity index (χ2n) is 7.82. The lowest BCUT2D eigenvalue weighted by Crippen LogP contribution is -2.43. The number of amides is 1. The topological polar surface area (TPSA) is 69.7 Å². The predicted molar refractivity (Wildman–Crippen MR) is 120 cm³/mol. The molecule has 0 saturated carbocycles. The first-order valence-corrected chi connectivity index (χ1v) is 12.1. The van der Waals surface area contributed by atoms with Gasteiger partial charge < -0.3 is 10.2 Å². The first kappa shape index (κ1) is 21.2. The molecule has 0 bridgehead atoms. The molecule has 2 aliphatic heterocycles. The van der Waals surface area contributed by atoms with Crippen molar-refractivity contribution in [2.75, 3.05) is 36.4 Å². The van der Waals surface area contributed by atoms with Gasteiger partial charge in [-0.15, -0.1) is 0 Å². The van der Waals surface area contributed by atoms with Gasteiger partial charge in [0.05, 0.1) is 10.8 Å². The smallest absolute Gasteiger partial charge is 0.243 e. The minimum Gasteiger partial charge on any atom is -0.371 e. The number of fused-ring (bicyclic) bond motifs is 1. The molecule has 2 aliphatic rings. The van der Waals surface area contributed by atoms with Crippen LogP contribution in [0.2, 0.25) is 5.02 Å². The van der Waals surface area contributed by atoms with Gasteiger partial charge in [-0.1, -0.05) is 17.7 Å². The van der Waals surface area contributed by atoms with Crippen molar-refractivity contribution in [2.24, 2.45) is 5.92 Å². The molecule has 4 rings (SSSR count). The molecule has 160 valence electrons. The third-order valence-electron chi connectivity index (χ3n) is 5.93. The van der Waals surface area contributed by atoms with Crippen molar-refractivity contribution in [1.82, 2.24) is 4.31 Å². The van der Waals surface area contributed by atoms with Gasteiger partial charge in [-0.05, 0) is 68.1 Å². The molecule has 30 heavy (non-hydrogen) atoms. The highest BCUT2D eigenvalue weighted by molar-refractivity contribution is 7.89. The van der Waals surface area contributed by atoms with E-state index < -0.39 is 10.0 Å². The lowest BCUT2D eigenvalue weighted by Gasteiger charge is -2.31. The molecule has 0 spiro atoms. The minimum absolute atomic E-state index is 0.132. The van der Waals surface area contributed by atoms with Crippen LogP contribution in [0.3, 0.4) is 0 Å². The molecule has 1 saturated heterocycles. The van der Waals surface area contributed by atoms with Crippen molar-refractivity contribution in [2.45, 2.75) is 31.1 Å². The molecular formula is C22H26ClN3O3S. The lowest BCUT2D eigenvalue weighted by atomic mass is 9.98. The molecule has 1 atom stereocenters. The highest BCUT2D eigenvalue weighted by Gasteiger charge is 2.33. The Bertz CT molecular complexity index is 1040. The Morgan fingerprint density at radius 3 is 2.67 bits per heavy atom. The summed E-state index contributed by atoms with van der Waals surface area (Å²) in [6.45, 7) is 4.66. The molecular weight excluding hydrogens is 422 g/mol. The van der Waals surface area contributed by atoms with Gasteiger partial charge in [0, 0.05) is 42.6 Å². The summed E-state index contributed by atoms with van der Waals surface area (Å²) in [4.78, 5) is 15.4. The fourth-order valence-corrected chi connectivity index (χ4v) is 5.88. The summed E-state index contributed by atoms with van der Waals surface area (Å²) in [5.74, 6) is -0.511. The Hall–Kier alpha value is -2.09. The van der Waals surface area contributed by atoms with Gasteiger partial charge in [-0.25, -0.2) is 8.42 Å². The van der Waals surface area contributed by atoms with Crippen LogP contribution in [-0.4, -0.2) is 44.8 Å². The highest BCUT2D eigenvalue weighted by Crippen LogP contribution is 2.31. The number of halogens is 1. The maximum Gasteiger partial charge on any atom is 0.243 e. The quantitative estimate of drug-likeness (QED) is 0.757. The normalized spacial score (nSPS) is 19.5. The molecule has 0 aliphatic carbocycles. The molecule has 0 radical (unpaired) electrons. The second kappa shape index (κ2) is 8.57. The Labute approximate surface area is 182 Å². The Morgan fingerprint density at radius 2 is 1.93 bits per heavy atom. The number of piperidine rings is 1. The van der Waals surface area contributed by atoms with Crippen molar-refractivity contribution < 1.29 is 13.2 Å². The maximum absolute atomic E-state index is 13.0. The van der Waals surface area contributed by atoms with Gasteiger partial charge in [0.2, 0.25) is 15.9 Å². The summed E-state index contributed by atoms with van der Waals surface area (Å²) in [6, 6.07) is 12.2. The number of hydrogen-bond acceptors (Lipinski definition) is 4. The maximum atomic E-state index is 13.0. The van der Waals surface area contributed by atoms with E-state index in [9.17, 15) is 13.2 Å². The minimum atomic E-state index is -3.65. The highest BCUT2D eigenvalue weighted by atomic mass is 35.5. The zero-order valence-electron chi connectivity index (χ0n) is 17.0. The van der Waals surface area contributed by atoms with E-state index in [4.69, 9.17) is 11.6 Å². The lowest BCUT2D eigenvalue weighted by molar-refractivity contribution is -0.120. The van der Waals surface area contributed by atoms with E-state index in [1.54, 1.807) is 12.1 Å². The molecule has 2 aromatic carbocycles. The molecule has 1 amide bonds. The van der Waals surface area contributed by atoms with E-state index >= 15 is 0 Å². The monoisotopic (exact) mass is 447 g/mol. The molecule has 2 heterocycles. The number of likely N-dealkylation sites (N-methyl/N-ethyl adjacent to an activating group) is 1. The van der Waals surface area contributed by atoms with Crippen LogP contribution in [0.4, 0.5) is 11.4 Å². The Morgan fingerprint density at radius 1 is 1.17 bits per heavy atom. The molecule has 6 nitrogen and oxygen atoms in total. The third-order valence-corrected chi connectivity index (χ3v) is 8.06.